The summed E-state index contributed by atoms with van der Waals surface area (Å²) in [5, 5.41) is 2.40. The van der Waals surface area contributed by atoms with Crippen LogP contribution in [0.3, 0.4) is 0 Å². The van der Waals surface area contributed by atoms with Gasteiger partial charge in [-0.2, -0.15) is 0 Å². The molecule has 0 aliphatic carbocycles. The second-order valence-electron chi connectivity index (χ2n) is 3.47. The van der Waals surface area contributed by atoms with Crippen molar-refractivity contribution in [3.63, 3.8) is 0 Å². The highest BCUT2D eigenvalue weighted by Gasteiger charge is 2.04. The number of halogens is 2. The maximum atomic E-state index is 12.9. The highest BCUT2D eigenvalue weighted by atomic mass is 19.2. The van der Waals surface area contributed by atoms with Crippen molar-refractivity contribution in [1.29, 1.82) is 0 Å². The van der Waals surface area contributed by atoms with Crippen molar-refractivity contribution in [3.8, 4) is 0 Å². The van der Waals surface area contributed by atoms with Gasteiger partial charge in [0.25, 0.3) is 0 Å². The largest absolute Gasteiger partial charge is 0.465 e. The lowest BCUT2D eigenvalue weighted by molar-refractivity contribution is -0.111. The van der Waals surface area contributed by atoms with E-state index >= 15 is 0 Å². The highest BCUT2D eigenvalue weighted by Crippen LogP contribution is 2.13. The zero-order chi connectivity index (χ0) is 13.0. The SMILES string of the molecule is O=C(C=Cc1ccco1)Nc1ccc(F)c(F)c1. The van der Waals surface area contributed by atoms with Crippen LogP contribution in [-0.4, -0.2) is 5.91 Å². The maximum Gasteiger partial charge on any atom is 0.248 e. The van der Waals surface area contributed by atoms with Gasteiger partial charge in [0.1, 0.15) is 5.76 Å². The third kappa shape index (κ3) is 3.04. The molecule has 5 heteroatoms. The van der Waals surface area contributed by atoms with E-state index in [4.69, 9.17) is 4.42 Å². The van der Waals surface area contributed by atoms with Crippen LogP contribution in [0.15, 0.2) is 47.1 Å². The lowest BCUT2D eigenvalue weighted by atomic mass is 10.3. The molecule has 1 aromatic heterocycles. The molecule has 0 saturated carbocycles. The van der Waals surface area contributed by atoms with Gasteiger partial charge in [-0.15, -0.1) is 0 Å². The van der Waals surface area contributed by atoms with Crippen LogP contribution in [0.1, 0.15) is 5.76 Å². The van der Waals surface area contributed by atoms with Crippen LogP contribution in [-0.2, 0) is 4.79 Å². The normalized spacial score (nSPS) is 10.8. The van der Waals surface area contributed by atoms with Gasteiger partial charge in [0.2, 0.25) is 5.91 Å². The Hall–Kier alpha value is -2.43. The fraction of sp³-hybridized carbons (Fsp3) is 0. The minimum atomic E-state index is -1.01. The average Bonchev–Trinajstić information content (AvgIpc) is 2.84. The first-order chi connectivity index (χ1) is 8.65. The molecule has 0 atom stereocenters. The molecule has 0 fully saturated rings. The number of hydrogen-bond acceptors (Lipinski definition) is 2. The molecule has 0 bridgehead atoms. The van der Waals surface area contributed by atoms with Crippen LogP contribution in [0.2, 0.25) is 0 Å². The maximum absolute atomic E-state index is 12.9. The molecule has 18 heavy (non-hydrogen) atoms. The summed E-state index contributed by atoms with van der Waals surface area (Å²) >= 11 is 0. The van der Waals surface area contributed by atoms with E-state index in [1.54, 1.807) is 12.1 Å². The first kappa shape index (κ1) is 12.0. The van der Waals surface area contributed by atoms with Gasteiger partial charge in [-0.25, -0.2) is 8.78 Å². The Morgan fingerprint density at radius 1 is 1.22 bits per heavy atom. The zero-order valence-electron chi connectivity index (χ0n) is 9.19. The molecule has 0 unspecified atom stereocenters. The lowest BCUT2D eigenvalue weighted by Crippen LogP contribution is -2.08. The number of anilines is 1. The molecule has 0 aliphatic rings. The molecule has 2 aromatic rings. The molecule has 0 aliphatic heterocycles. The first-order valence-corrected chi connectivity index (χ1v) is 5.13. The Bertz CT molecular complexity index is 577. The summed E-state index contributed by atoms with van der Waals surface area (Å²) in [5.41, 5.74) is 0.183. The standard InChI is InChI=1S/C13H9F2NO2/c14-11-5-3-9(8-12(11)15)16-13(17)6-4-10-2-1-7-18-10/h1-8H,(H,16,17). The second-order valence-corrected chi connectivity index (χ2v) is 3.47. The van der Waals surface area contributed by atoms with E-state index in [0.717, 1.165) is 12.1 Å². The number of nitrogens with one attached hydrogen (secondary N) is 1. The Labute approximate surface area is 102 Å². The van der Waals surface area contributed by atoms with Crippen molar-refractivity contribution in [2.75, 3.05) is 5.32 Å². The average molecular weight is 249 g/mol. The van der Waals surface area contributed by atoms with Crippen molar-refractivity contribution in [1.82, 2.24) is 0 Å². The van der Waals surface area contributed by atoms with E-state index in [9.17, 15) is 13.6 Å². The third-order valence-corrected chi connectivity index (χ3v) is 2.13. The molecule has 1 amide bonds. The minimum absolute atomic E-state index is 0.183. The molecular weight excluding hydrogens is 240 g/mol. The van der Waals surface area contributed by atoms with Gasteiger partial charge >= 0.3 is 0 Å². The van der Waals surface area contributed by atoms with Crippen molar-refractivity contribution < 1.29 is 18.0 Å². The molecule has 92 valence electrons. The van der Waals surface area contributed by atoms with Gasteiger partial charge < -0.3 is 9.73 Å². The smallest absolute Gasteiger partial charge is 0.248 e. The zero-order valence-corrected chi connectivity index (χ0v) is 9.19. The molecule has 3 nitrogen and oxygen atoms in total. The van der Waals surface area contributed by atoms with Crippen LogP contribution in [0.4, 0.5) is 14.5 Å². The summed E-state index contributed by atoms with van der Waals surface area (Å²) in [5.74, 6) is -1.91. The van der Waals surface area contributed by atoms with E-state index in [1.807, 2.05) is 0 Å². The van der Waals surface area contributed by atoms with Crippen molar-refractivity contribution in [2.24, 2.45) is 0 Å². The van der Waals surface area contributed by atoms with Crippen LogP contribution in [0, 0.1) is 11.6 Å². The molecule has 1 N–H and O–H groups in total. The monoisotopic (exact) mass is 249 g/mol. The number of furan rings is 1. The summed E-state index contributed by atoms with van der Waals surface area (Å²) < 4.78 is 30.5. The summed E-state index contributed by atoms with van der Waals surface area (Å²) in [6.07, 6.45) is 4.18. The van der Waals surface area contributed by atoms with Gasteiger partial charge in [-0.1, -0.05) is 0 Å². The van der Waals surface area contributed by atoms with Gasteiger partial charge in [0, 0.05) is 17.8 Å². The van der Waals surface area contributed by atoms with Crippen molar-refractivity contribution in [3.05, 3.63) is 60.1 Å². The van der Waals surface area contributed by atoms with Gasteiger partial charge in [-0.3, -0.25) is 4.79 Å². The molecule has 2 rings (SSSR count). The molecule has 1 heterocycles. The second kappa shape index (κ2) is 5.27. The van der Waals surface area contributed by atoms with Crippen LogP contribution in [0.25, 0.3) is 6.08 Å². The summed E-state index contributed by atoms with van der Waals surface area (Å²) in [6, 6.07) is 6.50. The van der Waals surface area contributed by atoms with Crippen LogP contribution < -0.4 is 5.32 Å². The molecule has 1 aromatic carbocycles. The third-order valence-electron chi connectivity index (χ3n) is 2.13. The van der Waals surface area contributed by atoms with Gasteiger partial charge in [0.15, 0.2) is 11.6 Å². The summed E-state index contributed by atoms with van der Waals surface area (Å²) in [4.78, 5) is 11.4. The van der Waals surface area contributed by atoms with Crippen molar-refractivity contribution in [2.45, 2.75) is 0 Å². The quantitative estimate of drug-likeness (QED) is 0.849. The van der Waals surface area contributed by atoms with E-state index in [1.165, 1.54) is 24.5 Å². The Morgan fingerprint density at radius 3 is 2.72 bits per heavy atom. The first-order valence-electron chi connectivity index (χ1n) is 5.13. The fourth-order valence-electron chi connectivity index (χ4n) is 1.30. The molecule has 0 radical (unpaired) electrons. The Balaban J connectivity index is 2.01. The molecule has 0 saturated heterocycles. The number of carbonyl (C=O) groups excluding carboxylic acids is 1. The lowest BCUT2D eigenvalue weighted by Gasteiger charge is -2.02. The molecular formula is C13H9F2NO2. The van der Waals surface area contributed by atoms with E-state index in [-0.39, 0.29) is 5.69 Å². The minimum Gasteiger partial charge on any atom is -0.465 e. The number of rotatable bonds is 3. The van der Waals surface area contributed by atoms with E-state index in [2.05, 4.69) is 5.32 Å². The van der Waals surface area contributed by atoms with Crippen molar-refractivity contribution >= 4 is 17.7 Å². The number of benzene rings is 1. The Morgan fingerprint density at radius 2 is 2.06 bits per heavy atom. The molecule has 0 spiro atoms. The highest BCUT2D eigenvalue weighted by molar-refractivity contribution is 6.01. The van der Waals surface area contributed by atoms with Gasteiger partial charge in [0.05, 0.1) is 6.26 Å². The number of amides is 1. The predicted molar refractivity (Wildman–Crippen MR) is 62.7 cm³/mol. The Kier molecular flexibility index (Phi) is 3.52. The van der Waals surface area contributed by atoms with E-state index in [0.29, 0.717) is 5.76 Å². The number of carbonyl (C=O) groups is 1. The van der Waals surface area contributed by atoms with Crippen LogP contribution in [0.5, 0.6) is 0 Å². The van der Waals surface area contributed by atoms with Gasteiger partial charge in [-0.05, 0) is 30.3 Å². The topological polar surface area (TPSA) is 42.2 Å². The van der Waals surface area contributed by atoms with Crippen LogP contribution >= 0.6 is 0 Å². The predicted octanol–water partition coefficient (Wildman–Crippen LogP) is 3.21. The summed E-state index contributed by atoms with van der Waals surface area (Å²) in [6.45, 7) is 0. The number of hydrogen-bond donors (Lipinski definition) is 1. The van der Waals surface area contributed by atoms with E-state index < -0.39 is 17.5 Å². The fourth-order valence-corrected chi connectivity index (χ4v) is 1.30. The summed E-state index contributed by atoms with van der Waals surface area (Å²) in [7, 11) is 0.